The van der Waals surface area contributed by atoms with E-state index in [9.17, 15) is 75.0 Å². The molecule has 11 bridgehead atoms. The Kier molecular flexibility index (Phi) is 23.8. The molecule has 18 atom stereocenters. The number of halogens is 2. The molecular weight excluding hydrogens is 1410 g/mol. The molecule has 2 unspecified atom stereocenters. The summed E-state index contributed by atoms with van der Waals surface area (Å²) in [4.78, 5) is 117. The van der Waals surface area contributed by atoms with Crippen molar-refractivity contribution in [2.75, 3.05) is 26.7 Å². The van der Waals surface area contributed by atoms with Gasteiger partial charge in [0.15, 0.2) is 29.9 Å². The van der Waals surface area contributed by atoms with Gasteiger partial charge in [-0.15, -0.1) is 0 Å². The van der Waals surface area contributed by atoms with Gasteiger partial charge in [0.2, 0.25) is 53.4 Å². The Morgan fingerprint density at radius 3 is 1.93 bits per heavy atom. The molecule has 0 radical (unpaired) electrons. The predicted molar refractivity (Wildman–Crippen MR) is 362 cm³/mol. The minimum Gasteiger partial charge on any atom is -0.508 e. The van der Waals surface area contributed by atoms with Crippen LogP contribution in [0.3, 0.4) is 0 Å². The van der Waals surface area contributed by atoms with Gasteiger partial charge in [0.25, 0.3) is 0 Å². The standard InChI is InChI=1S/C68H80Cl2N10O24/c1-25(2)14-36(73-5)60(91)79-51-53(86)28-7-10-40(34(69)16-28)100-42-18-30-19-43(57(42)104-67-58(56(89)55(88)44(24-81)102-67)103-46-23-68(4,74-13-12-71)59(90)26(3)99-46)101-41-11-8-29(17-35(41)70)54(87)52-65(96)78-50(66(97)98)33-20-31(82)21-39(84)47(33)32-15-27(6-9-38(32)83)48(62(93)80-52)77-63(94)49(30)76-61(92)37(22-45(72)85)75-64(51)95/h6-11,15-21,25-26,36-37,44,46,48-56,58-59,67,73-74,81-84,86-90H,12-14,22-24,71H2,1-5H3,(H2,72,85)(H,75,95)(H,76,92)(H,77,94)(H,78,96)(H,79,91)(H,80,93)(H,97,98)/t26-,36+,37-,44+,46-,48+,49+,50?,51+,52-,53+,54?,55+,56-,58+,59+,67-,68-/m0/s1. The Hall–Kier alpha value is -9.24. The first kappa shape index (κ1) is 77.4. The number of aromatic hydroxyl groups is 3. The molecule has 34 nitrogen and oxygen atoms in total. The van der Waals surface area contributed by atoms with Crippen molar-refractivity contribution in [1.29, 1.82) is 0 Å². The Labute approximate surface area is 602 Å². The third-order valence-electron chi connectivity index (χ3n) is 18.4. The summed E-state index contributed by atoms with van der Waals surface area (Å²) in [5, 5.41) is 135. The number of nitrogens with one attached hydrogen (secondary N) is 8. The summed E-state index contributed by atoms with van der Waals surface area (Å²) in [5.74, 6) is -16.0. The summed E-state index contributed by atoms with van der Waals surface area (Å²) in [5.41, 5.74) is 7.58. The number of carbonyl (C=O) groups is 8. The Balaban J connectivity index is 1.24. The number of phenols is 3. The lowest BCUT2D eigenvalue weighted by atomic mass is 9.85. The number of rotatable bonds is 16. The van der Waals surface area contributed by atoms with E-state index in [2.05, 4.69) is 42.5 Å². The van der Waals surface area contributed by atoms with Crippen molar-refractivity contribution in [3.05, 3.63) is 117 Å². The third-order valence-corrected chi connectivity index (χ3v) is 19.0. The molecule has 2 fully saturated rings. The van der Waals surface area contributed by atoms with E-state index in [1.165, 1.54) is 19.2 Å². The first-order chi connectivity index (χ1) is 49.2. The van der Waals surface area contributed by atoms with E-state index in [4.69, 9.17) is 63.1 Å². The van der Waals surface area contributed by atoms with Gasteiger partial charge < -0.3 is 133 Å². The minimum absolute atomic E-state index is 0.0993. The molecule has 104 heavy (non-hydrogen) atoms. The van der Waals surface area contributed by atoms with Crippen LogP contribution in [0.5, 0.6) is 46.0 Å². The molecule has 0 spiro atoms. The predicted octanol–water partition coefficient (Wildman–Crippen LogP) is -0.304. The zero-order chi connectivity index (χ0) is 75.7. The van der Waals surface area contributed by atoms with Crippen LogP contribution in [-0.4, -0.2) is 204 Å². The number of ether oxygens (including phenoxy) is 6. The topological polar surface area (TPSA) is 543 Å². The summed E-state index contributed by atoms with van der Waals surface area (Å²) in [6, 6.07) is -0.636. The molecule has 22 N–H and O–H groups in total. The fourth-order valence-corrected chi connectivity index (χ4v) is 13.5. The largest absolute Gasteiger partial charge is 0.508 e. The molecule has 0 aliphatic carbocycles. The maximum atomic E-state index is 16.1. The number of phenolic OH excluding ortho intramolecular Hbond substituents is 3. The van der Waals surface area contributed by atoms with Crippen molar-refractivity contribution in [3.8, 4) is 57.1 Å². The Bertz CT molecular complexity index is 4140. The first-order valence-corrected chi connectivity index (χ1v) is 33.6. The number of likely N-dealkylation sites (N-methyl/N-ethyl adjacent to an activating group) is 1. The van der Waals surface area contributed by atoms with Crippen LogP contribution in [0.1, 0.15) is 105 Å². The third kappa shape index (κ3) is 16.5. The van der Waals surface area contributed by atoms with Crippen molar-refractivity contribution in [2.24, 2.45) is 17.4 Å². The molecule has 7 aliphatic heterocycles. The molecule has 12 rings (SSSR count). The zero-order valence-electron chi connectivity index (χ0n) is 56.2. The summed E-state index contributed by atoms with van der Waals surface area (Å²) in [6.07, 6.45) is -18.3. The van der Waals surface area contributed by atoms with Gasteiger partial charge in [0, 0.05) is 47.8 Å². The van der Waals surface area contributed by atoms with Crippen LogP contribution in [0.25, 0.3) is 11.1 Å². The number of carbonyl (C=O) groups excluding carboxylic acids is 7. The van der Waals surface area contributed by atoms with Crippen LogP contribution >= 0.6 is 23.2 Å². The maximum Gasteiger partial charge on any atom is 0.330 e. The first-order valence-electron chi connectivity index (χ1n) is 32.8. The number of carboxylic acid groups (broad SMARTS) is 1. The highest BCUT2D eigenvalue weighted by atomic mass is 35.5. The summed E-state index contributed by atoms with van der Waals surface area (Å²) in [6.45, 7) is 6.25. The van der Waals surface area contributed by atoms with Crippen molar-refractivity contribution < 1.29 is 118 Å². The lowest BCUT2D eigenvalue weighted by Crippen LogP contribution is -2.65. The number of benzene rings is 5. The Morgan fingerprint density at radius 2 is 1.34 bits per heavy atom. The summed E-state index contributed by atoms with van der Waals surface area (Å²) >= 11 is 14.2. The lowest BCUT2D eigenvalue weighted by Gasteiger charge is -2.48. The number of amides is 7. The smallest absolute Gasteiger partial charge is 0.330 e. The van der Waals surface area contributed by atoms with Gasteiger partial charge in [-0.25, -0.2) is 4.79 Å². The number of aliphatic hydroxyl groups excluding tert-OH is 6. The van der Waals surface area contributed by atoms with Gasteiger partial charge in [-0.1, -0.05) is 55.2 Å². The van der Waals surface area contributed by atoms with E-state index in [1.807, 2.05) is 13.8 Å². The molecule has 7 amide bonds. The molecule has 5 aromatic rings. The van der Waals surface area contributed by atoms with Gasteiger partial charge >= 0.3 is 5.97 Å². The second-order valence-corrected chi connectivity index (χ2v) is 27.2. The highest BCUT2D eigenvalue weighted by Gasteiger charge is 2.52. The second kappa shape index (κ2) is 32.0. The van der Waals surface area contributed by atoms with E-state index in [1.54, 1.807) is 13.8 Å². The monoisotopic (exact) mass is 1490 g/mol. The molecule has 0 saturated carbocycles. The number of primary amides is 1. The van der Waals surface area contributed by atoms with Crippen LogP contribution in [0.2, 0.25) is 10.0 Å². The van der Waals surface area contributed by atoms with Gasteiger partial charge in [-0.2, -0.15) is 0 Å². The molecule has 36 heteroatoms. The van der Waals surface area contributed by atoms with E-state index in [-0.39, 0.29) is 59.3 Å². The van der Waals surface area contributed by atoms with Crippen LogP contribution in [0, 0.1) is 5.92 Å². The number of hydrogen-bond donors (Lipinski definition) is 20. The van der Waals surface area contributed by atoms with Gasteiger partial charge in [-0.05, 0) is 110 Å². The van der Waals surface area contributed by atoms with E-state index in [0.717, 1.165) is 66.7 Å². The molecule has 7 aliphatic rings. The van der Waals surface area contributed by atoms with Crippen molar-refractivity contribution in [2.45, 2.75) is 156 Å². The van der Waals surface area contributed by atoms with Crippen LogP contribution < -0.4 is 68.2 Å². The summed E-state index contributed by atoms with van der Waals surface area (Å²) in [7, 11) is 1.47. The number of nitrogens with two attached hydrogens (primary N) is 2. The quantitative estimate of drug-likeness (QED) is 0.0603. The fourth-order valence-electron chi connectivity index (χ4n) is 13.0. The molecule has 5 aromatic carbocycles. The van der Waals surface area contributed by atoms with Gasteiger partial charge in [0.1, 0.15) is 89.5 Å². The van der Waals surface area contributed by atoms with Gasteiger partial charge in [0.05, 0.1) is 41.3 Å². The maximum absolute atomic E-state index is 16.1. The number of hydrogen-bond acceptors (Lipinski definition) is 26. The highest BCUT2D eigenvalue weighted by Crippen LogP contribution is 2.50. The average molecular weight is 1490 g/mol. The number of aliphatic hydroxyl groups is 6. The number of aliphatic carboxylic acids is 1. The highest BCUT2D eigenvalue weighted by molar-refractivity contribution is 6.32. The van der Waals surface area contributed by atoms with Gasteiger partial charge in [-0.3, -0.25) is 33.6 Å². The molecular formula is C68H80Cl2N10O24. The number of fused-ring (bicyclic) bond motifs is 15. The number of carboxylic acids is 1. The lowest BCUT2D eigenvalue weighted by molar-refractivity contribution is -0.334. The minimum atomic E-state index is -2.35. The molecule has 7 heterocycles. The molecule has 2 saturated heterocycles. The summed E-state index contributed by atoms with van der Waals surface area (Å²) < 4.78 is 38.8. The van der Waals surface area contributed by atoms with E-state index < -0.39 is 237 Å². The zero-order valence-corrected chi connectivity index (χ0v) is 57.8. The van der Waals surface area contributed by atoms with Crippen LogP contribution in [-0.2, 0) is 52.6 Å². The van der Waals surface area contributed by atoms with Crippen molar-refractivity contribution >= 4 is 70.5 Å². The van der Waals surface area contributed by atoms with Crippen LogP contribution in [0.15, 0.2) is 78.9 Å². The van der Waals surface area contributed by atoms with Crippen molar-refractivity contribution in [3.63, 3.8) is 0 Å². The average Bonchev–Trinajstić information content (AvgIpc) is 0.768. The SMILES string of the molecule is CN[C@H](CC(C)C)C(=O)N[C@H]1C(=O)N[C@@H](CC(N)=O)C(=O)N[C@H]2C(=O)N[C@H]3C(=O)N[C@H](C(=O)NC(C(=O)O)c4cc(O)cc(O)c4-c4cc3ccc4O)C(O)c3ccc(c(Cl)c3)Oc3cc2cc(c3O[C@@H]2O[C@H](CO)[C@@H](O)[C@H](O)[C@H]2O[C@H]2C[C@](C)(NCCN)[C@H](O)[C@H](C)O2)Oc2ccc(cc2Cl)[C@H]1O. The second-order valence-electron chi connectivity index (χ2n) is 26.3. The van der Waals surface area contributed by atoms with E-state index in [0.29, 0.717) is 0 Å². The molecule has 0 aromatic heterocycles. The van der Waals surface area contributed by atoms with E-state index >= 15 is 14.4 Å². The molecule has 560 valence electrons. The fraction of sp³-hybridized carbons (Fsp3) is 0.441. The van der Waals surface area contributed by atoms with Crippen molar-refractivity contribution in [1.82, 2.24) is 42.5 Å². The normalized spacial score (nSPS) is 28.9. The Morgan fingerprint density at radius 1 is 0.721 bits per heavy atom. The van der Waals surface area contributed by atoms with Crippen LogP contribution in [0.4, 0.5) is 0 Å².